The zero-order chi connectivity index (χ0) is 18.3. The standard InChI is InChI=1S/C17H13F3N4O2/c18-11-1-10(17(25)7-26-8-17)2-14(4-11)22-16-21-9-24(23-16)15-5-12(19)3-13(20)6-15/h1-6,9,25H,7-8H2,(H,22,23). The van der Waals surface area contributed by atoms with Crippen LogP contribution in [0.15, 0.2) is 42.7 Å². The molecule has 1 aliphatic rings. The van der Waals surface area contributed by atoms with E-state index in [1.807, 2.05) is 0 Å². The van der Waals surface area contributed by atoms with E-state index in [9.17, 15) is 18.3 Å². The molecule has 4 rings (SSSR count). The highest BCUT2D eigenvalue weighted by atomic mass is 19.1. The van der Waals surface area contributed by atoms with Crippen LogP contribution >= 0.6 is 0 Å². The Morgan fingerprint density at radius 3 is 2.35 bits per heavy atom. The monoisotopic (exact) mass is 362 g/mol. The molecule has 0 aliphatic carbocycles. The molecule has 1 fully saturated rings. The van der Waals surface area contributed by atoms with E-state index < -0.39 is 23.1 Å². The number of hydrogen-bond donors (Lipinski definition) is 2. The minimum atomic E-state index is -1.22. The summed E-state index contributed by atoms with van der Waals surface area (Å²) in [5.74, 6) is -1.92. The zero-order valence-corrected chi connectivity index (χ0v) is 13.3. The molecule has 1 aliphatic heterocycles. The molecule has 3 aromatic rings. The van der Waals surface area contributed by atoms with Gasteiger partial charge in [-0.25, -0.2) is 17.9 Å². The molecule has 9 heteroatoms. The summed E-state index contributed by atoms with van der Waals surface area (Å²) in [6.07, 6.45) is 1.27. The minimum Gasteiger partial charge on any atom is -0.380 e. The predicted octanol–water partition coefficient (Wildman–Crippen LogP) is 2.65. The van der Waals surface area contributed by atoms with E-state index >= 15 is 0 Å². The first-order chi connectivity index (χ1) is 12.4. The molecule has 134 valence electrons. The van der Waals surface area contributed by atoms with Crippen molar-refractivity contribution in [3.05, 3.63) is 65.7 Å². The van der Waals surface area contributed by atoms with Crippen molar-refractivity contribution in [3.63, 3.8) is 0 Å². The van der Waals surface area contributed by atoms with Crippen LogP contribution in [-0.4, -0.2) is 33.1 Å². The molecule has 0 radical (unpaired) electrons. The van der Waals surface area contributed by atoms with Gasteiger partial charge in [0.2, 0.25) is 5.95 Å². The SMILES string of the molecule is OC1(c2cc(F)cc(Nc3ncn(-c4cc(F)cc(F)c4)n3)c2)COC1. The number of aliphatic hydroxyl groups is 1. The van der Waals surface area contributed by atoms with Crippen LogP contribution in [0.5, 0.6) is 0 Å². The maximum absolute atomic E-state index is 13.9. The molecule has 0 unspecified atom stereocenters. The maximum atomic E-state index is 13.9. The number of benzene rings is 2. The quantitative estimate of drug-likeness (QED) is 0.747. The minimum absolute atomic E-state index is 0.0912. The summed E-state index contributed by atoms with van der Waals surface area (Å²) in [5, 5.41) is 17.1. The van der Waals surface area contributed by atoms with Gasteiger partial charge in [-0.3, -0.25) is 0 Å². The number of ether oxygens (including phenoxy) is 1. The van der Waals surface area contributed by atoms with Gasteiger partial charge >= 0.3 is 0 Å². The normalized spacial score (nSPS) is 15.5. The molecule has 0 spiro atoms. The van der Waals surface area contributed by atoms with Gasteiger partial charge in [-0.2, -0.15) is 4.98 Å². The number of nitrogens with one attached hydrogen (secondary N) is 1. The van der Waals surface area contributed by atoms with Crippen molar-refractivity contribution in [2.24, 2.45) is 0 Å². The fourth-order valence-corrected chi connectivity index (χ4v) is 2.64. The Hall–Kier alpha value is -2.91. The van der Waals surface area contributed by atoms with E-state index in [-0.39, 0.29) is 24.8 Å². The number of nitrogens with zero attached hydrogens (tertiary/aromatic N) is 3. The fraction of sp³-hybridized carbons (Fsp3) is 0.176. The Labute approximate surface area is 145 Å². The number of hydrogen-bond acceptors (Lipinski definition) is 5. The molecule has 26 heavy (non-hydrogen) atoms. The van der Waals surface area contributed by atoms with E-state index in [4.69, 9.17) is 4.74 Å². The molecule has 2 heterocycles. The van der Waals surface area contributed by atoms with Crippen LogP contribution in [0.1, 0.15) is 5.56 Å². The molecule has 0 atom stereocenters. The van der Waals surface area contributed by atoms with E-state index in [0.717, 1.165) is 18.2 Å². The number of halogens is 3. The van der Waals surface area contributed by atoms with Gasteiger partial charge in [0.15, 0.2) is 0 Å². The lowest BCUT2D eigenvalue weighted by Crippen LogP contribution is -2.46. The molecule has 1 aromatic heterocycles. The number of aromatic nitrogens is 3. The molecule has 0 saturated carbocycles. The molecule has 2 aromatic carbocycles. The highest BCUT2D eigenvalue weighted by Crippen LogP contribution is 2.32. The molecule has 6 nitrogen and oxygen atoms in total. The third kappa shape index (κ3) is 3.14. The summed E-state index contributed by atoms with van der Waals surface area (Å²) in [6, 6.07) is 6.98. The summed E-state index contributed by atoms with van der Waals surface area (Å²) in [6.45, 7) is 0.182. The Kier molecular flexibility index (Phi) is 3.89. The maximum Gasteiger partial charge on any atom is 0.246 e. The van der Waals surface area contributed by atoms with E-state index in [0.29, 0.717) is 11.3 Å². The third-order valence-electron chi connectivity index (χ3n) is 3.98. The van der Waals surface area contributed by atoms with Crippen LogP contribution in [0.4, 0.5) is 24.8 Å². The topological polar surface area (TPSA) is 72.2 Å². The third-order valence-corrected chi connectivity index (χ3v) is 3.98. The Bertz CT molecular complexity index is 952. The second-order valence-corrected chi connectivity index (χ2v) is 6.02. The zero-order valence-electron chi connectivity index (χ0n) is 13.3. The lowest BCUT2D eigenvalue weighted by Gasteiger charge is -2.36. The van der Waals surface area contributed by atoms with Gasteiger partial charge in [0.25, 0.3) is 0 Å². The summed E-state index contributed by atoms with van der Waals surface area (Å²) < 4.78 is 46.6. The summed E-state index contributed by atoms with van der Waals surface area (Å²) in [5.41, 5.74) is -0.366. The fourth-order valence-electron chi connectivity index (χ4n) is 2.64. The molecule has 2 N–H and O–H groups in total. The van der Waals surface area contributed by atoms with Gasteiger partial charge in [-0.1, -0.05) is 0 Å². The van der Waals surface area contributed by atoms with Crippen LogP contribution in [0.25, 0.3) is 5.69 Å². The molecular formula is C17H13F3N4O2. The first kappa shape index (κ1) is 16.6. The van der Waals surface area contributed by atoms with Gasteiger partial charge in [0.1, 0.15) is 29.4 Å². The van der Waals surface area contributed by atoms with Crippen molar-refractivity contribution < 1.29 is 23.0 Å². The van der Waals surface area contributed by atoms with Crippen LogP contribution in [0.2, 0.25) is 0 Å². The lowest BCUT2D eigenvalue weighted by atomic mass is 9.92. The smallest absolute Gasteiger partial charge is 0.246 e. The van der Waals surface area contributed by atoms with E-state index in [1.165, 1.54) is 23.1 Å². The highest BCUT2D eigenvalue weighted by Gasteiger charge is 2.38. The molecule has 0 bridgehead atoms. The van der Waals surface area contributed by atoms with Crippen molar-refractivity contribution in [2.75, 3.05) is 18.5 Å². The van der Waals surface area contributed by atoms with Crippen molar-refractivity contribution in [3.8, 4) is 5.69 Å². The second kappa shape index (κ2) is 6.11. The van der Waals surface area contributed by atoms with Crippen LogP contribution in [-0.2, 0) is 10.3 Å². The average Bonchev–Trinajstić information content (AvgIpc) is 2.99. The van der Waals surface area contributed by atoms with Gasteiger partial charge in [0, 0.05) is 11.8 Å². The first-order valence-electron chi connectivity index (χ1n) is 7.68. The largest absolute Gasteiger partial charge is 0.380 e. The molecule has 1 saturated heterocycles. The predicted molar refractivity (Wildman–Crippen MR) is 85.7 cm³/mol. The summed E-state index contributed by atoms with van der Waals surface area (Å²) >= 11 is 0. The van der Waals surface area contributed by atoms with Crippen LogP contribution in [0, 0.1) is 17.5 Å². The van der Waals surface area contributed by atoms with Crippen molar-refractivity contribution in [1.29, 1.82) is 0 Å². The first-order valence-corrected chi connectivity index (χ1v) is 7.68. The van der Waals surface area contributed by atoms with Gasteiger partial charge in [-0.15, -0.1) is 5.10 Å². The Morgan fingerprint density at radius 1 is 1.00 bits per heavy atom. The average molecular weight is 362 g/mol. The van der Waals surface area contributed by atoms with E-state index in [1.54, 1.807) is 6.07 Å². The summed E-state index contributed by atoms with van der Waals surface area (Å²) in [4.78, 5) is 3.99. The molecular weight excluding hydrogens is 349 g/mol. The lowest BCUT2D eigenvalue weighted by molar-refractivity contribution is -0.184. The van der Waals surface area contributed by atoms with E-state index in [2.05, 4.69) is 15.4 Å². The van der Waals surface area contributed by atoms with Gasteiger partial charge in [0.05, 0.1) is 18.9 Å². The highest BCUT2D eigenvalue weighted by molar-refractivity contribution is 5.55. The van der Waals surface area contributed by atoms with Gasteiger partial charge < -0.3 is 15.2 Å². The van der Waals surface area contributed by atoms with Crippen molar-refractivity contribution in [1.82, 2.24) is 14.8 Å². The van der Waals surface area contributed by atoms with Crippen LogP contribution in [0.3, 0.4) is 0 Å². The number of rotatable bonds is 4. The number of anilines is 2. The second-order valence-electron chi connectivity index (χ2n) is 6.02. The van der Waals surface area contributed by atoms with Crippen molar-refractivity contribution in [2.45, 2.75) is 5.60 Å². The molecule has 0 amide bonds. The van der Waals surface area contributed by atoms with Crippen LogP contribution < -0.4 is 5.32 Å². The Morgan fingerprint density at radius 2 is 1.69 bits per heavy atom. The van der Waals surface area contributed by atoms with Crippen molar-refractivity contribution >= 4 is 11.6 Å². The van der Waals surface area contributed by atoms with Gasteiger partial charge in [-0.05, 0) is 35.9 Å². The summed E-state index contributed by atoms with van der Waals surface area (Å²) in [7, 11) is 0. The Balaban J connectivity index is 1.59.